The van der Waals surface area contributed by atoms with Crippen molar-refractivity contribution in [1.82, 2.24) is 4.98 Å². The number of H-pyrrole nitrogens is 1. The van der Waals surface area contributed by atoms with Crippen LogP contribution in [-0.2, 0) is 13.0 Å². The van der Waals surface area contributed by atoms with E-state index in [9.17, 15) is 0 Å². The lowest BCUT2D eigenvalue weighted by Gasteiger charge is -2.33. The zero-order chi connectivity index (χ0) is 10.5. The number of benzene rings is 1. The lowest BCUT2D eigenvalue weighted by atomic mass is 10.0. The second kappa shape index (κ2) is 2.86. The van der Waals surface area contributed by atoms with Crippen molar-refractivity contribution in [2.45, 2.75) is 13.0 Å². The molecule has 0 fully saturated rings. The molecule has 0 radical (unpaired) electrons. The minimum Gasteiger partial charge on any atom is -0.358 e. The van der Waals surface area contributed by atoms with Gasteiger partial charge in [-0.2, -0.15) is 0 Å². The average Bonchev–Trinajstić information content (AvgIpc) is 2.55. The first-order valence-corrected chi connectivity index (χ1v) is 5.56. The topological polar surface area (TPSA) is 15.8 Å². The molecule has 1 aromatic heterocycles. The van der Waals surface area contributed by atoms with Crippen molar-refractivity contribution in [2.24, 2.45) is 0 Å². The number of aromatic amines is 1. The zero-order valence-electron chi connectivity index (χ0n) is 9.38. The Balaban J connectivity index is 2.22. The fourth-order valence-corrected chi connectivity index (χ4v) is 2.57. The molecule has 15 heavy (non-hydrogen) atoms. The Labute approximate surface area is 90.1 Å². The molecule has 2 nitrogen and oxygen atoms in total. The molecular weight excluding hydrogens is 184 g/mol. The third kappa shape index (κ3) is 1.37. The number of nitrogens with one attached hydrogen (secondary N) is 1. The molecule has 2 heteroatoms. The van der Waals surface area contributed by atoms with Crippen molar-refractivity contribution in [3.63, 3.8) is 0 Å². The monoisotopic (exact) mass is 201 g/mol. The lowest BCUT2D eigenvalue weighted by Crippen LogP contribution is -2.43. The minimum atomic E-state index is 1.11. The maximum atomic E-state index is 3.54. The van der Waals surface area contributed by atoms with Gasteiger partial charge in [0.1, 0.15) is 6.54 Å². The van der Waals surface area contributed by atoms with E-state index >= 15 is 0 Å². The summed E-state index contributed by atoms with van der Waals surface area (Å²) in [5.41, 5.74) is 4.28. The van der Waals surface area contributed by atoms with Crippen molar-refractivity contribution in [3.8, 4) is 0 Å². The number of aromatic nitrogens is 1. The predicted molar refractivity (Wildman–Crippen MR) is 62.7 cm³/mol. The molecule has 78 valence electrons. The number of hydrogen-bond donors (Lipinski definition) is 1. The highest BCUT2D eigenvalue weighted by Gasteiger charge is 2.26. The fourth-order valence-electron chi connectivity index (χ4n) is 2.57. The Morgan fingerprint density at radius 1 is 1.20 bits per heavy atom. The molecule has 3 rings (SSSR count). The van der Waals surface area contributed by atoms with Crippen LogP contribution in [0.25, 0.3) is 10.9 Å². The van der Waals surface area contributed by atoms with Crippen LogP contribution >= 0.6 is 0 Å². The van der Waals surface area contributed by atoms with E-state index in [1.54, 1.807) is 0 Å². The van der Waals surface area contributed by atoms with Crippen molar-refractivity contribution in [2.75, 3.05) is 20.6 Å². The average molecular weight is 201 g/mol. The Morgan fingerprint density at radius 2 is 2.00 bits per heavy atom. The third-order valence-corrected chi connectivity index (χ3v) is 3.46. The molecule has 0 spiro atoms. The molecule has 0 saturated heterocycles. The summed E-state index contributed by atoms with van der Waals surface area (Å²) in [7, 11) is 4.62. The van der Waals surface area contributed by atoms with Crippen LogP contribution in [0.5, 0.6) is 0 Å². The molecule has 2 heterocycles. The summed E-state index contributed by atoms with van der Waals surface area (Å²) >= 11 is 0. The van der Waals surface area contributed by atoms with Crippen LogP contribution in [-0.4, -0.2) is 30.1 Å². The first-order valence-electron chi connectivity index (χ1n) is 5.56. The van der Waals surface area contributed by atoms with Gasteiger partial charge >= 0.3 is 0 Å². The van der Waals surface area contributed by atoms with Gasteiger partial charge in [0.25, 0.3) is 0 Å². The van der Waals surface area contributed by atoms with Gasteiger partial charge in [0.2, 0.25) is 0 Å². The maximum Gasteiger partial charge on any atom is 0.106 e. The lowest BCUT2D eigenvalue weighted by molar-refractivity contribution is -0.905. The number of quaternary nitrogens is 1. The molecule has 0 atom stereocenters. The summed E-state index contributed by atoms with van der Waals surface area (Å²) in [6.07, 6.45) is 1.18. The van der Waals surface area contributed by atoms with Gasteiger partial charge in [0, 0.05) is 28.6 Å². The van der Waals surface area contributed by atoms with E-state index in [2.05, 4.69) is 43.3 Å². The van der Waals surface area contributed by atoms with Crippen molar-refractivity contribution in [3.05, 3.63) is 35.5 Å². The van der Waals surface area contributed by atoms with Gasteiger partial charge < -0.3 is 9.47 Å². The molecule has 0 amide bonds. The number of nitrogens with zero attached hydrogens (tertiary/aromatic N) is 1. The maximum absolute atomic E-state index is 3.54. The van der Waals surface area contributed by atoms with Crippen LogP contribution in [0.1, 0.15) is 11.3 Å². The Kier molecular flexibility index (Phi) is 1.71. The molecule has 1 N–H and O–H groups in total. The molecule has 1 aromatic carbocycles. The van der Waals surface area contributed by atoms with Gasteiger partial charge in [-0.05, 0) is 6.07 Å². The van der Waals surface area contributed by atoms with Gasteiger partial charge in [0.05, 0.1) is 20.6 Å². The van der Waals surface area contributed by atoms with E-state index in [-0.39, 0.29) is 0 Å². The van der Waals surface area contributed by atoms with E-state index in [1.807, 2.05) is 0 Å². The first kappa shape index (κ1) is 8.98. The molecule has 1 aliphatic rings. The van der Waals surface area contributed by atoms with Crippen LogP contribution in [0.3, 0.4) is 0 Å². The van der Waals surface area contributed by atoms with E-state index in [0.29, 0.717) is 0 Å². The Bertz CT molecular complexity index is 508. The molecule has 1 aliphatic heterocycles. The van der Waals surface area contributed by atoms with Crippen LogP contribution in [0, 0.1) is 0 Å². The number of likely N-dealkylation sites (N-methyl/N-ethyl adjacent to an activating group) is 1. The largest absolute Gasteiger partial charge is 0.358 e. The van der Waals surface area contributed by atoms with Gasteiger partial charge in [-0.1, -0.05) is 18.2 Å². The van der Waals surface area contributed by atoms with Crippen molar-refractivity contribution in [1.29, 1.82) is 0 Å². The summed E-state index contributed by atoms with van der Waals surface area (Å²) in [4.78, 5) is 3.54. The zero-order valence-corrected chi connectivity index (χ0v) is 9.38. The number of rotatable bonds is 0. The number of fused-ring (bicyclic) bond motifs is 3. The van der Waals surface area contributed by atoms with Gasteiger partial charge in [0.15, 0.2) is 0 Å². The van der Waals surface area contributed by atoms with E-state index < -0.39 is 0 Å². The minimum absolute atomic E-state index is 1.11. The van der Waals surface area contributed by atoms with Crippen molar-refractivity contribution < 1.29 is 4.48 Å². The predicted octanol–water partition coefficient (Wildman–Crippen LogP) is 2.30. The normalized spacial score (nSPS) is 19.1. The fraction of sp³-hybridized carbons (Fsp3) is 0.385. The quantitative estimate of drug-likeness (QED) is 0.629. The van der Waals surface area contributed by atoms with Crippen LogP contribution in [0.15, 0.2) is 24.3 Å². The number of para-hydroxylation sites is 1. The molecule has 0 saturated carbocycles. The molecule has 0 unspecified atom stereocenters. The van der Waals surface area contributed by atoms with Crippen LogP contribution in [0.4, 0.5) is 0 Å². The Morgan fingerprint density at radius 3 is 2.87 bits per heavy atom. The number of hydrogen-bond acceptors (Lipinski definition) is 0. The van der Waals surface area contributed by atoms with Crippen molar-refractivity contribution >= 4 is 10.9 Å². The third-order valence-electron chi connectivity index (χ3n) is 3.46. The summed E-state index contributed by atoms with van der Waals surface area (Å²) in [5, 5.41) is 1.42. The van der Waals surface area contributed by atoms with E-state index in [0.717, 1.165) is 11.0 Å². The summed E-state index contributed by atoms with van der Waals surface area (Å²) in [6, 6.07) is 8.64. The SMILES string of the molecule is C[N+]1(C)CCc2[nH]c3ccccc3c2C1. The second-order valence-electron chi connectivity index (χ2n) is 5.20. The van der Waals surface area contributed by atoms with Gasteiger partial charge in [-0.15, -0.1) is 0 Å². The summed E-state index contributed by atoms with van der Waals surface area (Å²) in [5.74, 6) is 0. The van der Waals surface area contributed by atoms with Crippen LogP contribution < -0.4 is 0 Å². The smallest absolute Gasteiger partial charge is 0.106 e. The molecule has 0 aliphatic carbocycles. The second-order valence-corrected chi connectivity index (χ2v) is 5.20. The highest BCUT2D eigenvalue weighted by atomic mass is 15.3. The van der Waals surface area contributed by atoms with E-state index in [1.165, 1.54) is 35.1 Å². The first-order chi connectivity index (χ1) is 7.16. The standard InChI is InChI=1S/C13H17N2/c1-15(2)8-7-13-11(9-15)10-5-3-4-6-12(10)14-13/h3-6,14H,7-9H2,1-2H3/q+1. The van der Waals surface area contributed by atoms with Gasteiger partial charge in [-0.25, -0.2) is 0 Å². The molecule has 2 aromatic rings. The highest BCUT2D eigenvalue weighted by molar-refractivity contribution is 5.84. The van der Waals surface area contributed by atoms with Gasteiger partial charge in [-0.3, -0.25) is 0 Å². The van der Waals surface area contributed by atoms with Crippen LogP contribution in [0.2, 0.25) is 0 Å². The highest BCUT2D eigenvalue weighted by Crippen LogP contribution is 2.29. The van der Waals surface area contributed by atoms with E-state index in [4.69, 9.17) is 0 Å². The molecular formula is C13H17N2+. The summed E-state index contributed by atoms with van der Waals surface area (Å²) < 4.78 is 1.11. The molecule has 0 bridgehead atoms. The Hall–Kier alpha value is -1.28. The summed E-state index contributed by atoms with van der Waals surface area (Å²) in [6.45, 7) is 2.39.